The number of nitrogens with one attached hydrogen (secondary N) is 1. The molecule has 1 N–H and O–H groups in total. The quantitative estimate of drug-likeness (QED) is 0.625. The molecule has 0 atom stereocenters. The highest BCUT2D eigenvalue weighted by atomic mass is 35.5. The number of ether oxygens (including phenoxy) is 1. The molecule has 11 heavy (non-hydrogen) atoms. The Morgan fingerprint density at radius 3 is 2.91 bits per heavy atom. The van der Waals surface area contributed by atoms with E-state index in [0.29, 0.717) is 0 Å². The molecule has 0 aromatic rings. The summed E-state index contributed by atoms with van der Waals surface area (Å²) >= 11 is 5.47. The van der Waals surface area contributed by atoms with Crippen LogP contribution in [0.25, 0.3) is 0 Å². The van der Waals surface area contributed by atoms with Crippen molar-refractivity contribution in [2.75, 3.05) is 26.8 Å². The summed E-state index contributed by atoms with van der Waals surface area (Å²) in [5, 5.41) is 3.24. The highest BCUT2D eigenvalue weighted by molar-refractivity contribution is 6.25. The first-order valence-corrected chi connectivity index (χ1v) is 4.20. The van der Waals surface area contributed by atoms with Crippen molar-refractivity contribution >= 4 is 11.6 Å². The van der Waals surface area contributed by atoms with Crippen molar-refractivity contribution in [1.82, 2.24) is 5.32 Å². The largest absolute Gasteiger partial charge is 0.385 e. The van der Waals surface area contributed by atoms with Crippen LogP contribution in [0.3, 0.4) is 0 Å². The predicted molar refractivity (Wildman–Crippen MR) is 49.0 cm³/mol. The van der Waals surface area contributed by atoms with Gasteiger partial charge in [0.1, 0.15) is 0 Å². The molecule has 0 aliphatic heterocycles. The minimum absolute atomic E-state index is 0.816. The fourth-order valence-electron chi connectivity index (χ4n) is 0.666. The lowest BCUT2D eigenvalue weighted by molar-refractivity contribution is 0.194. The normalized spacial score (nSPS) is 12.1. The van der Waals surface area contributed by atoms with Gasteiger partial charge >= 0.3 is 0 Å². The Morgan fingerprint density at radius 2 is 2.36 bits per heavy atom. The van der Waals surface area contributed by atoms with Crippen molar-refractivity contribution in [1.29, 1.82) is 0 Å². The number of hydrogen-bond acceptors (Lipinski definition) is 2. The Hall–Kier alpha value is -0.0500. The molecule has 0 spiro atoms. The Labute approximate surface area is 73.6 Å². The zero-order valence-electron chi connectivity index (χ0n) is 7.19. The van der Waals surface area contributed by atoms with Gasteiger partial charge in [-0.05, 0) is 25.5 Å². The minimum Gasteiger partial charge on any atom is -0.385 e. The Morgan fingerprint density at radius 1 is 1.64 bits per heavy atom. The van der Waals surface area contributed by atoms with Crippen LogP contribution < -0.4 is 5.32 Å². The van der Waals surface area contributed by atoms with Gasteiger partial charge in [-0.1, -0.05) is 11.6 Å². The first-order chi connectivity index (χ1) is 5.31. The van der Waals surface area contributed by atoms with E-state index in [1.54, 1.807) is 12.6 Å². The molecule has 66 valence electrons. The second-order valence-corrected chi connectivity index (χ2v) is 2.70. The lowest BCUT2D eigenvalue weighted by Crippen LogP contribution is -2.18. The van der Waals surface area contributed by atoms with Gasteiger partial charge in [0.15, 0.2) is 0 Å². The Bertz CT molecular complexity index is 115. The van der Waals surface area contributed by atoms with E-state index in [0.717, 1.165) is 31.7 Å². The number of hydrogen-bond donors (Lipinski definition) is 1. The number of rotatable bonds is 6. The maximum absolute atomic E-state index is 5.47. The van der Waals surface area contributed by atoms with Crippen LogP contribution in [0.5, 0.6) is 0 Å². The van der Waals surface area contributed by atoms with E-state index in [4.69, 9.17) is 16.3 Å². The van der Waals surface area contributed by atoms with Crippen molar-refractivity contribution in [3.63, 3.8) is 0 Å². The van der Waals surface area contributed by atoms with Gasteiger partial charge < -0.3 is 10.1 Å². The van der Waals surface area contributed by atoms with Crippen LogP contribution in [-0.4, -0.2) is 26.8 Å². The fourth-order valence-corrected chi connectivity index (χ4v) is 0.743. The molecule has 0 aliphatic carbocycles. The van der Waals surface area contributed by atoms with E-state index < -0.39 is 0 Å². The van der Waals surface area contributed by atoms with Gasteiger partial charge in [-0.3, -0.25) is 0 Å². The summed E-state index contributed by atoms with van der Waals surface area (Å²) in [5.74, 6) is 0. The van der Waals surface area contributed by atoms with E-state index in [-0.39, 0.29) is 0 Å². The summed E-state index contributed by atoms with van der Waals surface area (Å²) in [6, 6.07) is 0. The van der Waals surface area contributed by atoms with Crippen LogP contribution in [0.4, 0.5) is 0 Å². The van der Waals surface area contributed by atoms with E-state index in [2.05, 4.69) is 5.32 Å². The van der Waals surface area contributed by atoms with E-state index in [1.165, 1.54) is 0 Å². The van der Waals surface area contributed by atoms with Crippen LogP contribution in [0.2, 0.25) is 0 Å². The minimum atomic E-state index is 0.816. The first kappa shape index (κ1) is 11.0. The van der Waals surface area contributed by atoms with Crippen LogP contribution in [0.1, 0.15) is 13.3 Å². The topological polar surface area (TPSA) is 21.3 Å². The maximum Gasteiger partial charge on any atom is 0.0474 e. The van der Waals surface area contributed by atoms with Crippen molar-refractivity contribution in [3.8, 4) is 0 Å². The number of methoxy groups -OCH3 is 1. The zero-order chi connectivity index (χ0) is 8.53. The van der Waals surface area contributed by atoms with Crippen LogP contribution in [0.15, 0.2) is 11.1 Å². The molecule has 0 radical (unpaired) electrons. The molecule has 0 bridgehead atoms. The highest BCUT2D eigenvalue weighted by Crippen LogP contribution is 1.91. The molecular weight excluding hydrogens is 162 g/mol. The summed E-state index contributed by atoms with van der Waals surface area (Å²) in [5.41, 5.74) is 2.76. The summed E-state index contributed by atoms with van der Waals surface area (Å²) in [7, 11) is 1.71. The monoisotopic (exact) mass is 177 g/mol. The van der Waals surface area contributed by atoms with Crippen LogP contribution in [0, 0.1) is 0 Å². The lowest BCUT2D eigenvalue weighted by Gasteiger charge is -2.02. The third-order valence-electron chi connectivity index (χ3n) is 1.29. The summed E-state index contributed by atoms with van der Waals surface area (Å²) < 4.78 is 4.89. The molecule has 2 nitrogen and oxygen atoms in total. The van der Waals surface area contributed by atoms with Gasteiger partial charge in [0.05, 0.1) is 0 Å². The van der Waals surface area contributed by atoms with E-state index >= 15 is 0 Å². The van der Waals surface area contributed by atoms with Crippen molar-refractivity contribution in [2.45, 2.75) is 13.3 Å². The summed E-state index contributed by atoms with van der Waals surface area (Å²) in [4.78, 5) is 0. The van der Waals surface area contributed by atoms with Gasteiger partial charge in [0, 0.05) is 25.8 Å². The van der Waals surface area contributed by atoms with Gasteiger partial charge in [0.2, 0.25) is 0 Å². The molecule has 0 unspecified atom stereocenters. The average molecular weight is 178 g/mol. The summed E-state index contributed by atoms with van der Waals surface area (Å²) in [6.07, 6.45) is 1.05. The third kappa shape index (κ3) is 7.85. The molecule has 0 fully saturated rings. The second-order valence-electron chi connectivity index (χ2n) is 2.48. The molecule has 0 saturated carbocycles. The molecule has 0 heterocycles. The zero-order valence-corrected chi connectivity index (χ0v) is 7.95. The van der Waals surface area contributed by atoms with Gasteiger partial charge in [-0.25, -0.2) is 0 Å². The maximum atomic E-state index is 5.47. The predicted octanol–water partition coefficient (Wildman–Crippen LogP) is 1.76. The second kappa shape index (κ2) is 8.05. The molecule has 3 heteroatoms. The molecular formula is C8H16ClNO. The summed E-state index contributed by atoms with van der Waals surface area (Å²) in [6.45, 7) is 4.66. The van der Waals surface area contributed by atoms with Crippen molar-refractivity contribution < 1.29 is 4.74 Å². The lowest BCUT2D eigenvalue weighted by atomic mass is 10.3. The van der Waals surface area contributed by atoms with Crippen molar-refractivity contribution in [3.05, 3.63) is 11.1 Å². The first-order valence-electron chi connectivity index (χ1n) is 3.76. The third-order valence-corrected chi connectivity index (χ3v) is 1.66. The molecule has 0 aliphatic rings. The fraction of sp³-hybridized carbons (Fsp3) is 0.750. The highest BCUT2D eigenvalue weighted by Gasteiger charge is 1.88. The van der Waals surface area contributed by atoms with Crippen molar-refractivity contribution in [2.24, 2.45) is 0 Å². The smallest absolute Gasteiger partial charge is 0.0474 e. The Kier molecular flexibility index (Phi) is 8.01. The van der Waals surface area contributed by atoms with Gasteiger partial charge in [0.25, 0.3) is 0 Å². The Balaban J connectivity index is 3.02. The average Bonchev–Trinajstić information content (AvgIpc) is 2.04. The molecule has 0 rings (SSSR count). The number of halogens is 1. The van der Waals surface area contributed by atoms with Gasteiger partial charge in [-0.15, -0.1) is 0 Å². The SMILES string of the molecule is COCCCNCC(C)=CCl. The van der Waals surface area contributed by atoms with Crippen LogP contribution in [-0.2, 0) is 4.74 Å². The van der Waals surface area contributed by atoms with Crippen LogP contribution >= 0.6 is 11.6 Å². The molecule has 0 saturated heterocycles. The van der Waals surface area contributed by atoms with E-state index in [9.17, 15) is 0 Å². The van der Waals surface area contributed by atoms with Gasteiger partial charge in [-0.2, -0.15) is 0 Å². The van der Waals surface area contributed by atoms with E-state index in [1.807, 2.05) is 6.92 Å². The molecule has 0 amide bonds. The molecule has 0 aromatic heterocycles. The standard InChI is InChI=1S/C8H16ClNO/c1-8(6-9)7-10-4-3-5-11-2/h6,10H,3-5,7H2,1-2H3. The molecule has 0 aromatic carbocycles.